The van der Waals surface area contributed by atoms with Crippen LogP contribution in [0.4, 0.5) is 0 Å². The smallest absolute Gasteiger partial charge is 0.356 e. The maximum Gasteiger partial charge on any atom is 0.356 e. The molecule has 0 unspecified atom stereocenters. The third kappa shape index (κ3) is 3.91. The van der Waals surface area contributed by atoms with E-state index in [-0.39, 0.29) is 0 Å². The van der Waals surface area contributed by atoms with Crippen LogP contribution in [0.1, 0.15) is 28.7 Å². The standard InChI is InChI=1S/C20H21N3O3/c1-4-26-20(24)19-12-18(17-7-5-6-14(2)21-17)22-23(19)13-15-8-10-16(25-3)11-9-15/h5-12H,4,13H2,1-3H3. The summed E-state index contributed by atoms with van der Waals surface area (Å²) in [6.07, 6.45) is 0. The average Bonchev–Trinajstić information content (AvgIpc) is 3.06. The summed E-state index contributed by atoms with van der Waals surface area (Å²) in [5, 5.41) is 4.58. The molecule has 0 fully saturated rings. The summed E-state index contributed by atoms with van der Waals surface area (Å²) < 4.78 is 12.0. The molecule has 0 saturated heterocycles. The third-order valence-electron chi connectivity index (χ3n) is 3.91. The van der Waals surface area contributed by atoms with Crippen LogP contribution < -0.4 is 4.74 Å². The van der Waals surface area contributed by atoms with Crippen LogP contribution in [-0.2, 0) is 11.3 Å². The van der Waals surface area contributed by atoms with Gasteiger partial charge in [-0.1, -0.05) is 18.2 Å². The molecule has 0 spiro atoms. The molecular weight excluding hydrogens is 330 g/mol. The minimum atomic E-state index is -0.396. The molecule has 2 aromatic heterocycles. The lowest BCUT2D eigenvalue weighted by Crippen LogP contribution is -2.14. The second kappa shape index (κ2) is 7.82. The first-order valence-corrected chi connectivity index (χ1v) is 8.42. The Balaban J connectivity index is 1.96. The monoisotopic (exact) mass is 351 g/mol. The minimum Gasteiger partial charge on any atom is -0.497 e. The van der Waals surface area contributed by atoms with Crippen molar-refractivity contribution in [1.82, 2.24) is 14.8 Å². The summed E-state index contributed by atoms with van der Waals surface area (Å²) in [5.41, 5.74) is 3.67. The van der Waals surface area contributed by atoms with E-state index >= 15 is 0 Å². The van der Waals surface area contributed by atoms with E-state index in [0.29, 0.717) is 24.5 Å². The van der Waals surface area contributed by atoms with E-state index in [4.69, 9.17) is 9.47 Å². The molecule has 6 nitrogen and oxygen atoms in total. The normalized spacial score (nSPS) is 10.6. The molecule has 0 atom stereocenters. The predicted molar refractivity (Wildman–Crippen MR) is 98.2 cm³/mol. The van der Waals surface area contributed by atoms with Crippen LogP contribution >= 0.6 is 0 Å². The van der Waals surface area contributed by atoms with Crippen molar-refractivity contribution >= 4 is 5.97 Å². The van der Waals surface area contributed by atoms with Crippen LogP contribution in [0.3, 0.4) is 0 Å². The van der Waals surface area contributed by atoms with Crippen molar-refractivity contribution in [2.45, 2.75) is 20.4 Å². The van der Waals surface area contributed by atoms with Crippen molar-refractivity contribution in [3.63, 3.8) is 0 Å². The van der Waals surface area contributed by atoms with Gasteiger partial charge < -0.3 is 9.47 Å². The number of ether oxygens (including phenoxy) is 2. The fourth-order valence-corrected chi connectivity index (χ4v) is 2.62. The highest BCUT2D eigenvalue weighted by Gasteiger charge is 2.18. The number of methoxy groups -OCH3 is 1. The fraction of sp³-hybridized carbons (Fsp3) is 0.250. The van der Waals surface area contributed by atoms with Gasteiger partial charge in [-0.15, -0.1) is 0 Å². The highest BCUT2D eigenvalue weighted by molar-refractivity contribution is 5.89. The van der Waals surface area contributed by atoms with Crippen LogP contribution in [0.5, 0.6) is 5.75 Å². The Bertz CT molecular complexity index is 901. The van der Waals surface area contributed by atoms with E-state index in [2.05, 4.69) is 10.1 Å². The topological polar surface area (TPSA) is 66.2 Å². The first-order valence-electron chi connectivity index (χ1n) is 8.42. The summed E-state index contributed by atoms with van der Waals surface area (Å²) in [6.45, 7) is 4.46. The van der Waals surface area contributed by atoms with Gasteiger partial charge in [0, 0.05) is 11.8 Å². The summed E-state index contributed by atoms with van der Waals surface area (Å²) in [4.78, 5) is 16.8. The molecule has 0 saturated carbocycles. The zero-order valence-corrected chi connectivity index (χ0v) is 15.1. The highest BCUT2D eigenvalue weighted by atomic mass is 16.5. The zero-order valence-electron chi connectivity index (χ0n) is 15.1. The number of hydrogen-bond donors (Lipinski definition) is 0. The van der Waals surface area contributed by atoms with Crippen molar-refractivity contribution < 1.29 is 14.3 Å². The van der Waals surface area contributed by atoms with E-state index in [1.807, 2.05) is 49.4 Å². The Labute approximate surface area is 152 Å². The lowest BCUT2D eigenvalue weighted by Gasteiger charge is -2.07. The van der Waals surface area contributed by atoms with Crippen molar-refractivity contribution in [3.8, 4) is 17.1 Å². The van der Waals surface area contributed by atoms with Crippen molar-refractivity contribution in [2.75, 3.05) is 13.7 Å². The molecule has 26 heavy (non-hydrogen) atoms. The average molecular weight is 351 g/mol. The number of aromatic nitrogens is 3. The SMILES string of the molecule is CCOC(=O)c1cc(-c2cccc(C)n2)nn1Cc1ccc(OC)cc1. The van der Waals surface area contributed by atoms with Crippen LogP contribution in [-0.4, -0.2) is 34.5 Å². The Morgan fingerprint density at radius 3 is 2.54 bits per heavy atom. The van der Waals surface area contributed by atoms with E-state index < -0.39 is 5.97 Å². The number of carbonyl (C=O) groups excluding carboxylic acids is 1. The van der Waals surface area contributed by atoms with E-state index in [9.17, 15) is 4.79 Å². The van der Waals surface area contributed by atoms with E-state index in [0.717, 1.165) is 22.7 Å². The summed E-state index contributed by atoms with van der Waals surface area (Å²) >= 11 is 0. The maximum atomic E-state index is 12.3. The third-order valence-corrected chi connectivity index (χ3v) is 3.91. The van der Waals surface area contributed by atoms with Crippen LogP contribution in [0.2, 0.25) is 0 Å². The van der Waals surface area contributed by atoms with Gasteiger partial charge in [0.15, 0.2) is 0 Å². The van der Waals surface area contributed by atoms with Gasteiger partial charge in [0.25, 0.3) is 0 Å². The number of esters is 1. The van der Waals surface area contributed by atoms with Crippen LogP contribution in [0.25, 0.3) is 11.4 Å². The first-order chi connectivity index (χ1) is 12.6. The molecule has 3 rings (SSSR count). The lowest BCUT2D eigenvalue weighted by atomic mass is 10.2. The second-order valence-corrected chi connectivity index (χ2v) is 5.81. The maximum absolute atomic E-state index is 12.3. The second-order valence-electron chi connectivity index (χ2n) is 5.81. The van der Waals surface area contributed by atoms with Crippen LogP contribution in [0.15, 0.2) is 48.5 Å². The molecule has 0 N–H and O–H groups in total. The molecule has 0 radical (unpaired) electrons. The number of hydrogen-bond acceptors (Lipinski definition) is 5. The Kier molecular flexibility index (Phi) is 5.31. The van der Waals surface area contributed by atoms with Gasteiger partial charge in [0.05, 0.1) is 26.0 Å². The predicted octanol–water partition coefficient (Wildman–Crippen LogP) is 3.49. The molecule has 1 aromatic carbocycles. The molecule has 6 heteroatoms. The quantitative estimate of drug-likeness (QED) is 0.636. The molecule has 0 bridgehead atoms. The summed E-state index contributed by atoms with van der Waals surface area (Å²) in [7, 11) is 1.63. The number of pyridine rings is 1. The number of carbonyl (C=O) groups is 1. The van der Waals surface area contributed by atoms with Crippen molar-refractivity contribution in [3.05, 3.63) is 65.5 Å². The molecule has 0 aliphatic rings. The largest absolute Gasteiger partial charge is 0.497 e. The Hall–Kier alpha value is -3.15. The Morgan fingerprint density at radius 2 is 1.88 bits per heavy atom. The molecule has 0 aliphatic carbocycles. The van der Waals surface area contributed by atoms with Crippen molar-refractivity contribution in [1.29, 1.82) is 0 Å². The number of rotatable bonds is 6. The molecule has 134 valence electrons. The van der Waals surface area contributed by atoms with Gasteiger partial charge in [-0.25, -0.2) is 4.79 Å². The first kappa shape index (κ1) is 17.7. The lowest BCUT2D eigenvalue weighted by molar-refractivity contribution is 0.0512. The van der Waals surface area contributed by atoms with E-state index in [1.54, 1.807) is 24.8 Å². The van der Waals surface area contributed by atoms with Gasteiger partial charge >= 0.3 is 5.97 Å². The van der Waals surface area contributed by atoms with Gasteiger partial charge in [-0.05, 0) is 43.7 Å². The molecule has 0 amide bonds. The number of aryl methyl sites for hydroxylation is 1. The van der Waals surface area contributed by atoms with Gasteiger partial charge in [0.1, 0.15) is 17.1 Å². The summed E-state index contributed by atoms with van der Waals surface area (Å²) in [5.74, 6) is 0.386. The molecule has 3 aromatic rings. The molecule has 2 heterocycles. The number of nitrogens with zero attached hydrogens (tertiary/aromatic N) is 3. The summed E-state index contributed by atoms with van der Waals surface area (Å²) in [6, 6.07) is 15.1. The minimum absolute atomic E-state index is 0.310. The van der Waals surface area contributed by atoms with Crippen molar-refractivity contribution in [2.24, 2.45) is 0 Å². The molecular formula is C20H21N3O3. The number of benzene rings is 1. The fourth-order valence-electron chi connectivity index (χ4n) is 2.62. The van der Waals surface area contributed by atoms with Gasteiger partial charge in [-0.3, -0.25) is 9.67 Å². The van der Waals surface area contributed by atoms with Gasteiger partial charge in [0.2, 0.25) is 0 Å². The van der Waals surface area contributed by atoms with Gasteiger partial charge in [-0.2, -0.15) is 5.10 Å². The van der Waals surface area contributed by atoms with Crippen LogP contribution in [0, 0.1) is 6.92 Å². The van der Waals surface area contributed by atoms with E-state index in [1.165, 1.54) is 0 Å². The highest BCUT2D eigenvalue weighted by Crippen LogP contribution is 2.20. The molecule has 0 aliphatic heterocycles. The zero-order chi connectivity index (χ0) is 18.5. The Morgan fingerprint density at radius 1 is 1.12 bits per heavy atom.